The summed E-state index contributed by atoms with van der Waals surface area (Å²) in [4.78, 5) is 15.7. The molecule has 0 aliphatic heterocycles. The van der Waals surface area contributed by atoms with Crippen LogP contribution in [0.25, 0.3) is 10.9 Å². The second-order valence-electron chi connectivity index (χ2n) is 7.39. The number of hydrogen-bond donors (Lipinski definition) is 2. The molecule has 0 radical (unpaired) electrons. The molecule has 0 fully saturated rings. The van der Waals surface area contributed by atoms with Crippen molar-refractivity contribution in [2.24, 2.45) is 10.2 Å². The van der Waals surface area contributed by atoms with Crippen molar-refractivity contribution in [1.82, 2.24) is 4.98 Å². The van der Waals surface area contributed by atoms with Crippen molar-refractivity contribution in [2.45, 2.75) is 40.5 Å². The molecule has 32 heavy (non-hydrogen) atoms. The van der Waals surface area contributed by atoms with E-state index in [1.165, 1.54) is 0 Å². The predicted octanol–water partition coefficient (Wildman–Crippen LogP) is 6.12. The first-order valence-corrected chi connectivity index (χ1v) is 10.8. The number of carbonyl (C=O) groups is 1. The molecule has 1 aromatic heterocycles. The molecule has 1 heterocycles. The van der Waals surface area contributed by atoms with Gasteiger partial charge in [-0.15, -0.1) is 10.2 Å². The molecule has 0 saturated heterocycles. The fourth-order valence-electron chi connectivity index (χ4n) is 3.31. The fourth-order valence-corrected chi connectivity index (χ4v) is 3.31. The third-order valence-corrected chi connectivity index (χ3v) is 4.84. The number of azo groups is 1. The molecule has 0 spiro atoms. The number of aromatic nitrogens is 1. The normalized spacial score (nSPS) is 11.4. The summed E-state index contributed by atoms with van der Waals surface area (Å²) in [5.74, 6) is 0.810. The average Bonchev–Trinajstić information content (AvgIpc) is 3.08. The Kier molecular flexibility index (Phi) is 7.35. The highest BCUT2D eigenvalue weighted by Gasteiger charge is 2.19. The zero-order valence-corrected chi connectivity index (χ0v) is 19.1. The van der Waals surface area contributed by atoms with Crippen molar-refractivity contribution in [3.05, 3.63) is 41.5 Å². The van der Waals surface area contributed by atoms with Crippen molar-refractivity contribution in [3.8, 4) is 23.1 Å². The third-order valence-electron chi connectivity index (χ3n) is 4.84. The molecule has 3 rings (SSSR count). The Labute approximate surface area is 187 Å². The Balaban J connectivity index is 1.99. The van der Waals surface area contributed by atoms with Crippen LogP contribution >= 0.6 is 0 Å². The monoisotopic (exact) mass is 439 g/mol. The number of fused-ring (bicyclic) bond motifs is 1. The minimum Gasteiger partial charge on any atom is -0.493 e. The number of benzene rings is 2. The van der Waals surface area contributed by atoms with Crippen LogP contribution in [0.1, 0.15) is 56.5 Å². The van der Waals surface area contributed by atoms with Crippen LogP contribution < -0.4 is 14.2 Å². The maximum Gasteiger partial charge on any atom is 0.295 e. The molecular weight excluding hydrogens is 410 g/mol. The summed E-state index contributed by atoms with van der Waals surface area (Å²) in [6.45, 7) is 10.9. The van der Waals surface area contributed by atoms with E-state index in [1.807, 2.05) is 39.0 Å². The number of carbonyl (C=O) groups excluding carboxylic acids is 1. The molecule has 1 amide bonds. The quantitative estimate of drug-likeness (QED) is 0.391. The zero-order chi connectivity index (χ0) is 23.3. The standard InChI is InChI=1S/C24H29N3O5/c1-6-30-19-12-16(13-20(31-7-2)22(19)32-8-3)23(28)27-26-21-17-11-15(14(4)5)9-10-18(17)25-24(21)29/h9-14,25,29H,6-8H2,1-5H3. The highest BCUT2D eigenvalue weighted by Crippen LogP contribution is 2.40. The van der Waals surface area contributed by atoms with Crippen molar-refractivity contribution in [2.75, 3.05) is 19.8 Å². The number of rotatable bonds is 9. The van der Waals surface area contributed by atoms with E-state index < -0.39 is 5.91 Å². The smallest absolute Gasteiger partial charge is 0.295 e. The third kappa shape index (κ3) is 4.85. The van der Waals surface area contributed by atoms with Crippen LogP contribution in [0.4, 0.5) is 5.69 Å². The molecule has 170 valence electrons. The van der Waals surface area contributed by atoms with E-state index in [4.69, 9.17) is 14.2 Å². The Hall–Kier alpha value is -3.55. The molecule has 0 aliphatic rings. The van der Waals surface area contributed by atoms with Gasteiger partial charge >= 0.3 is 0 Å². The van der Waals surface area contributed by atoms with Crippen LogP contribution in [-0.4, -0.2) is 35.8 Å². The molecule has 0 aliphatic carbocycles. The van der Waals surface area contributed by atoms with Crippen LogP contribution in [0.15, 0.2) is 40.6 Å². The lowest BCUT2D eigenvalue weighted by Gasteiger charge is -2.16. The van der Waals surface area contributed by atoms with Crippen LogP contribution in [0.5, 0.6) is 23.1 Å². The van der Waals surface area contributed by atoms with Crippen LogP contribution in [-0.2, 0) is 0 Å². The van der Waals surface area contributed by atoms with Gasteiger partial charge in [0.25, 0.3) is 5.91 Å². The summed E-state index contributed by atoms with van der Waals surface area (Å²) in [6.07, 6.45) is 0. The molecule has 0 saturated carbocycles. The number of hydrogen-bond acceptors (Lipinski definition) is 6. The number of aromatic amines is 1. The van der Waals surface area contributed by atoms with Gasteiger partial charge in [-0.3, -0.25) is 4.79 Å². The van der Waals surface area contributed by atoms with Crippen LogP contribution in [0, 0.1) is 0 Å². The molecule has 8 heteroatoms. The average molecular weight is 440 g/mol. The Morgan fingerprint density at radius 1 is 1.00 bits per heavy atom. The molecule has 0 bridgehead atoms. The second-order valence-corrected chi connectivity index (χ2v) is 7.39. The maximum absolute atomic E-state index is 12.8. The topological polar surface area (TPSA) is 106 Å². The molecule has 2 N–H and O–H groups in total. The van der Waals surface area contributed by atoms with E-state index in [-0.39, 0.29) is 17.1 Å². The lowest BCUT2D eigenvalue weighted by Crippen LogP contribution is -2.05. The van der Waals surface area contributed by atoms with Gasteiger partial charge in [0.1, 0.15) is 0 Å². The van der Waals surface area contributed by atoms with Gasteiger partial charge in [-0.1, -0.05) is 19.9 Å². The molecule has 8 nitrogen and oxygen atoms in total. The number of aromatic hydroxyl groups is 1. The van der Waals surface area contributed by atoms with Gasteiger partial charge in [-0.2, -0.15) is 0 Å². The first-order chi connectivity index (χ1) is 15.4. The number of nitrogens with one attached hydrogen (secondary N) is 1. The van der Waals surface area contributed by atoms with Gasteiger partial charge in [-0.25, -0.2) is 0 Å². The number of ether oxygens (including phenoxy) is 3. The Morgan fingerprint density at radius 2 is 1.62 bits per heavy atom. The highest BCUT2D eigenvalue weighted by atomic mass is 16.5. The first kappa shape index (κ1) is 23.1. The van der Waals surface area contributed by atoms with E-state index in [0.29, 0.717) is 53.9 Å². The van der Waals surface area contributed by atoms with Crippen molar-refractivity contribution in [1.29, 1.82) is 0 Å². The summed E-state index contributed by atoms with van der Waals surface area (Å²) < 4.78 is 17.0. The Morgan fingerprint density at radius 3 is 2.19 bits per heavy atom. The summed E-state index contributed by atoms with van der Waals surface area (Å²) in [5.41, 5.74) is 2.27. The molecule has 2 aromatic carbocycles. The predicted molar refractivity (Wildman–Crippen MR) is 123 cm³/mol. The minimum absolute atomic E-state index is 0.144. The molecule has 0 unspecified atom stereocenters. The summed E-state index contributed by atoms with van der Waals surface area (Å²) >= 11 is 0. The molecule has 3 aromatic rings. The van der Waals surface area contributed by atoms with Gasteiger partial charge < -0.3 is 24.3 Å². The number of amides is 1. The first-order valence-electron chi connectivity index (χ1n) is 10.8. The molecule has 0 atom stereocenters. The van der Waals surface area contributed by atoms with E-state index in [0.717, 1.165) is 5.56 Å². The zero-order valence-electron chi connectivity index (χ0n) is 19.1. The lowest BCUT2D eigenvalue weighted by atomic mass is 10.0. The van der Waals surface area contributed by atoms with Crippen molar-refractivity contribution < 1.29 is 24.1 Å². The lowest BCUT2D eigenvalue weighted by molar-refractivity contribution is 0.0994. The molecular formula is C24H29N3O5. The fraction of sp³-hybridized carbons (Fsp3) is 0.375. The van der Waals surface area contributed by atoms with Crippen LogP contribution in [0.3, 0.4) is 0 Å². The van der Waals surface area contributed by atoms with Gasteiger partial charge in [0.05, 0.1) is 30.9 Å². The van der Waals surface area contributed by atoms with E-state index in [1.54, 1.807) is 12.1 Å². The maximum atomic E-state index is 12.8. The Bertz CT molecular complexity index is 1110. The van der Waals surface area contributed by atoms with Crippen molar-refractivity contribution >= 4 is 22.5 Å². The largest absolute Gasteiger partial charge is 0.493 e. The number of nitrogens with zero attached hydrogens (tertiary/aromatic N) is 2. The SMILES string of the molecule is CCOc1cc(C(=O)N=Nc2c(O)[nH]c3ccc(C(C)C)cc23)cc(OCC)c1OCC. The minimum atomic E-state index is -0.594. The van der Waals surface area contributed by atoms with E-state index >= 15 is 0 Å². The van der Waals surface area contributed by atoms with Crippen LogP contribution in [0.2, 0.25) is 0 Å². The number of H-pyrrole nitrogens is 1. The van der Waals surface area contributed by atoms with E-state index in [9.17, 15) is 9.90 Å². The van der Waals surface area contributed by atoms with Crippen molar-refractivity contribution in [3.63, 3.8) is 0 Å². The van der Waals surface area contributed by atoms with Gasteiger partial charge in [0, 0.05) is 5.39 Å². The van der Waals surface area contributed by atoms with Gasteiger partial charge in [-0.05, 0) is 56.5 Å². The van der Waals surface area contributed by atoms with Gasteiger partial charge in [0.15, 0.2) is 17.2 Å². The van der Waals surface area contributed by atoms with E-state index in [2.05, 4.69) is 29.1 Å². The highest BCUT2D eigenvalue weighted by molar-refractivity contribution is 5.98. The summed E-state index contributed by atoms with van der Waals surface area (Å²) in [5, 5.41) is 18.9. The summed E-state index contributed by atoms with van der Waals surface area (Å²) in [6, 6.07) is 8.92. The van der Waals surface area contributed by atoms with Gasteiger partial charge in [0.2, 0.25) is 11.6 Å². The summed E-state index contributed by atoms with van der Waals surface area (Å²) in [7, 11) is 0. The second kappa shape index (κ2) is 10.2.